The Kier molecular flexibility index (Phi) is 2.69. The number of fused-ring (bicyclic) bond motifs is 1. The van der Waals surface area contributed by atoms with Gasteiger partial charge in [-0.3, -0.25) is 0 Å². The highest BCUT2D eigenvalue weighted by Crippen LogP contribution is 2.40. The molecule has 0 bridgehead atoms. The highest BCUT2D eigenvalue weighted by molar-refractivity contribution is 7.14. The lowest BCUT2D eigenvalue weighted by Gasteiger charge is -2.06. The first-order chi connectivity index (χ1) is 9.43. The molecule has 3 heterocycles. The topological polar surface area (TPSA) is 25.8 Å². The lowest BCUT2D eigenvalue weighted by molar-refractivity contribution is 1.63. The molecule has 0 N–H and O–H groups in total. The molecule has 0 amide bonds. The molecule has 0 aliphatic carbocycles. The number of rotatable bonds is 2. The predicted molar refractivity (Wildman–Crippen MR) is 84.0 cm³/mol. The van der Waals surface area contributed by atoms with Gasteiger partial charge in [0.25, 0.3) is 0 Å². The monoisotopic (exact) mass is 300 g/mol. The van der Waals surface area contributed by atoms with Gasteiger partial charge in [-0.2, -0.15) is 8.75 Å². The van der Waals surface area contributed by atoms with Crippen LogP contribution in [0.3, 0.4) is 0 Å². The Balaban J connectivity index is 2.11. The van der Waals surface area contributed by atoms with Crippen molar-refractivity contribution in [3.63, 3.8) is 0 Å². The third-order valence-corrected chi connectivity index (χ3v) is 5.32. The van der Waals surface area contributed by atoms with Gasteiger partial charge in [0.05, 0.1) is 11.7 Å². The van der Waals surface area contributed by atoms with Crippen molar-refractivity contribution >= 4 is 45.4 Å². The summed E-state index contributed by atoms with van der Waals surface area (Å²) in [5.74, 6) is 0. The Labute approximate surface area is 122 Å². The summed E-state index contributed by atoms with van der Waals surface area (Å²) < 4.78 is 8.84. The van der Waals surface area contributed by atoms with Crippen molar-refractivity contribution in [1.29, 1.82) is 0 Å². The molecule has 4 aromatic rings. The molecule has 0 saturated carbocycles. The Morgan fingerprint density at radius 1 is 0.789 bits per heavy atom. The summed E-state index contributed by atoms with van der Waals surface area (Å²) in [6, 6.07) is 12.7. The molecule has 0 atom stereocenters. The summed E-state index contributed by atoms with van der Waals surface area (Å²) in [6.07, 6.45) is 0. The summed E-state index contributed by atoms with van der Waals surface area (Å²) in [7, 11) is 0. The number of hydrogen-bond acceptors (Lipinski definition) is 5. The van der Waals surface area contributed by atoms with Gasteiger partial charge in [0, 0.05) is 20.9 Å². The molecule has 19 heavy (non-hydrogen) atoms. The van der Waals surface area contributed by atoms with Crippen LogP contribution in [0.1, 0.15) is 0 Å². The van der Waals surface area contributed by atoms with Crippen LogP contribution >= 0.6 is 34.4 Å². The molecule has 2 nitrogen and oxygen atoms in total. The van der Waals surface area contributed by atoms with Gasteiger partial charge in [0.2, 0.25) is 0 Å². The van der Waals surface area contributed by atoms with E-state index in [1.165, 1.54) is 32.6 Å². The number of aromatic nitrogens is 2. The van der Waals surface area contributed by atoms with Crippen molar-refractivity contribution in [2.45, 2.75) is 0 Å². The predicted octanol–water partition coefficient (Wildman–Crippen LogP) is 5.15. The van der Waals surface area contributed by atoms with Gasteiger partial charge in [-0.15, -0.1) is 22.7 Å². The Morgan fingerprint density at radius 2 is 1.58 bits per heavy atom. The SMILES string of the molecule is c1csc(-c2ccc3nsnc3c2-c2cccs2)c1. The third kappa shape index (κ3) is 1.82. The average molecular weight is 300 g/mol. The van der Waals surface area contributed by atoms with E-state index in [0.29, 0.717) is 0 Å². The standard InChI is InChI=1S/C14H8N2S3/c1-3-11(17-7-1)9-5-6-10-14(16-19-15-10)13(9)12-4-2-8-18-12/h1-8H. The zero-order valence-corrected chi connectivity index (χ0v) is 12.2. The van der Waals surface area contributed by atoms with Crippen LogP contribution in [0.5, 0.6) is 0 Å². The van der Waals surface area contributed by atoms with E-state index in [9.17, 15) is 0 Å². The molecule has 5 heteroatoms. The first kappa shape index (κ1) is 11.3. The molecule has 0 aliphatic rings. The molecule has 0 aliphatic heterocycles. The number of nitrogens with zero attached hydrogens (tertiary/aromatic N) is 2. The van der Waals surface area contributed by atoms with Crippen molar-refractivity contribution in [3.05, 3.63) is 47.2 Å². The zero-order valence-electron chi connectivity index (χ0n) is 9.74. The highest BCUT2D eigenvalue weighted by Gasteiger charge is 2.15. The minimum absolute atomic E-state index is 0.980. The van der Waals surface area contributed by atoms with Crippen LogP contribution in [0.4, 0.5) is 0 Å². The van der Waals surface area contributed by atoms with E-state index in [-0.39, 0.29) is 0 Å². The first-order valence-electron chi connectivity index (χ1n) is 5.76. The lowest BCUT2D eigenvalue weighted by atomic mass is 10.0. The van der Waals surface area contributed by atoms with Crippen LogP contribution in [0.15, 0.2) is 47.2 Å². The van der Waals surface area contributed by atoms with E-state index >= 15 is 0 Å². The molecule has 1 aromatic carbocycles. The summed E-state index contributed by atoms with van der Waals surface area (Å²) in [5, 5.41) is 4.21. The fourth-order valence-corrected chi connectivity index (χ4v) is 4.24. The van der Waals surface area contributed by atoms with Crippen LogP contribution < -0.4 is 0 Å². The van der Waals surface area contributed by atoms with Crippen LogP contribution in [0.25, 0.3) is 31.9 Å². The zero-order chi connectivity index (χ0) is 12.7. The second kappa shape index (κ2) is 4.52. The molecule has 92 valence electrons. The molecule has 0 fully saturated rings. The van der Waals surface area contributed by atoms with Gasteiger partial charge >= 0.3 is 0 Å². The molecular weight excluding hydrogens is 292 g/mol. The van der Waals surface area contributed by atoms with Gasteiger partial charge < -0.3 is 0 Å². The van der Waals surface area contributed by atoms with E-state index in [4.69, 9.17) is 0 Å². The van der Waals surface area contributed by atoms with Crippen LogP contribution in [-0.4, -0.2) is 8.75 Å². The van der Waals surface area contributed by atoms with Crippen molar-refractivity contribution in [3.8, 4) is 20.9 Å². The second-order valence-electron chi connectivity index (χ2n) is 4.07. The maximum absolute atomic E-state index is 4.49. The van der Waals surface area contributed by atoms with Gasteiger partial charge in [-0.25, -0.2) is 0 Å². The van der Waals surface area contributed by atoms with Crippen LogP contribution in [0.2, 0.25) is 0 Å². The molecule has 0 saturated heterocycles. The van der Waals surface area contributed by atoms with Crippen LogP contribution in [0, 0.1) is 0 Å². The second-order valence-corrected chi connectivity index (χ2v) is 6.50. The Morgan fingerprint density at radius 3 is 2.32 bits per heavy atom. The van der Waals surface area contributed by atoms with Gasteiger partial charge in [-0.1, -0.05) is 18.2 Å². The maximum Gasteiger partial charge on any atom is 0.114 e. The largest absolute Gasteiger partial charge is 0.173 e. The van der Waals surface area contributed by atoms with E-state index in [1.807, 2.05) is 0 Å². The van der Waals surface area contributed by atoms with Gasteiger partial charge in [0.15, 0.2) is 0 Å². The molecule has 4 rings (SSSR count). The van der Waals surface area contributed by atoms with E-state index < -0.39 is 0 Å². The van der Waals surface area contributed by atoms with Crippen molar-refractivity contribution in [1.82, 2.24) is 8.75 Å². The minimum Gasteiger partial charge on any atom is -0.173 e. The van der Waals surface area contributed by atoms with Crippen molar-refractivity contribution in [2.75, 3.05) is 0 Å². The van der Waals surface area contributed by atoms with Gasteiger partial charge in [0.1, 0.15) is 11.0 Å². The Hall–Kier alpha value is -1.56. The third-order valence-electron chi connectivity index (χ3n) is 2.98. The quantitative estimate of drug-likeness (QED) is 0.512. The summed E-state index contributed by atoms with van der Waals surface area (Å²) in [4.78, 5) is 2.53. The molecule has 0 unspecified atom stereocenters. The fraction of sp³-hybridized carbons (Fsp3) is 0. The smallest absolute Gasteiger partial charge is 0.114 e. The lowest BCUT2D eigenvalue weighted by Crippen LogP contribution is -1.83. The van der Waals surface area contributed by atoms with Crippen molar-refractivity contribution < 1.29 is 0 Å². The summed E-state index contributed by atoms with van der Waals surface area (Å²) in [5.41, 5.74) is 4.45. The number of thiophene rings is 2. The van der Waals surface area contributed by atoms with Crippen molar-refractivity contribution in [2.24, 2.45) is 0 Å². The molecular formula is C14H8N2S3. The first-order valence-corrected chi connectivity index (χ1v) is 8.25. The maximum atomic E-state index is 4.49. The average Bonchev–Trinajstić information content (AvgIpc) is 3.18. The summed E-state index contributed by atoms with van der Waals surface area (Å²) >= 11 is 4.78. The number of hydrogen-bond donors (Lipinski definition) is 0. The normalized spacial score (nSPS) is 11.2. The van der Waals surface area contributed by atoms with E-state index in [0.717, 1.165) is 11.0 Å². The Bertz CT molecular complexity index is 814. The molecule has 0 radical (unpaired) electrons. The highest BCUT2D eigenvalue weighted by atomic mass is 32.1. The fourth-order valence-electron chi connectivity index (χ4n) is 2.16. The molecule has 3 aromatic heterocycles. The number of benzene rings is 1. The van der Waals surface area contributed by atoms with E-state index in [2.05, 4.69) is 55.9 Å². The van der Waals surface area contributed by atoms with Crippen LogP contribution in [-0.2, 0) is 0 Å². The molecule has 0 spiro atoms. The minimum atomic E-state index is 0.980. The van der Waals surface area contributed by atoms with Gasteiger partial charge in [-0.05, 0) is 29.0 Å². The summed E-state index contributed by atoms with van der Waals surface area (Å²) in [6.45, 7) is 0. The van der Waals surface area contributed by atoms with E-state index in [1.54, 1.807) is 22.7 Å².